The van der Waals surface area contributed by atoms with Gasteiger partial charge in [0.25, 0.3) is 0 Å². The Balaban J connectivity index is 4.63. The van der Waals surface area contributed by atoms with Crippen molar-refractivity contribution in [3.63, 3.8) is 0 Å². The molecule has 0 saturated carbocycles. The number of hydrogen-bond donors (Lipinski definition) is 2. The van der Waals surface area contributed by atoms with Crippen LogP contribution in [0.3, 0.4) is 0 Å². The standard InChI is InChI=1S/C14H28N2O3/c1-5-6-11(4)8-12(9-14(18)19)16(15)13(17)7-10(2)3/h10-12H,5-9,15H2,1-4H3,(H,18,19). The van der Waals surface area contributed by atoms with Gasteiger partial charge in [-0.25, -0.2) is 5.84 Å². The van der Waals surface area contributed by atoms with E-state index < -0.39 is 12.0 Å². The molecule has 5 heteroatoms. The summed E-state index contributed by atoms with van der Waals surface area (Å²) in [7, 11) is 0. The normalized spacial score (nSPS) is 14.2. The van der Waals surface area contributed by atoms with Gasteiger partial charge in [-0.3, -0.25) is 14.6 Å². The van der Waals surface area contributed by atoms with Crippen LogP contribution in [0.1, 0.15) is 59.8 Å². The van der Waals surface area contributed by atoms with Gasteiger partial charge in [0.1, 0.15) is 0 Å². The molecule has 5 nitrogen and oxygen atoms in total. The third kappa shape index (κ3) is 7.82. The number of hydrogen-bond acceptors (Lipinski definition) is 3. The van der Waals surface area contributed by atoms with Crippen molar-refractivity contribution in [3.05, 3.63) is 0 Å². The Hall–Kier alpha value is -1.10. The fourth-order valence-electron chi connectivity index (χ4n) is 2.23. The topological polar surface area (TPSA) is 83.6 Å². The first-order valence-corrected chi connectivity index (χ1v) is 7.06. The molecular weight excluding hydrogens is 244 g/mol. The Morgan fingerprint density at radius 2 is 1.79 bits per heavy atom. The summed E-state index contributed by atoms with van der Waals surface area (Å²) in [4.78, 5) is 22.8. The summed E-state index contributed by atoms with van der Waals surface area (Å²) in [5.74, 6) is 5.32. The summed E-state index contributed by atoms with van der Waals surface area (Å²) >= 11 is 0. The van der Waals surface area contributed by atoms with Crippen LogP contribution in [0, 0.1) is 11.8 Å². The third-order valence-electron chi connectivity index (χ3n) is 3.13. The van der Waals surface area contributed by atoms with Gasteiger partial charge in [0.05, 0.1) is 12.5 Å². The predicted molar refractivity (Wildman–Crippen MR) is 75.2 cm³/mol. The van der Waals surface area contributed by atoms with E-state index in [4.69, 9.17) is 10.9 Å². The summed E-state index contributed by atoms with van der Waals surface area (Å²) in [5, 5.41) is 10.1. The maximum atomic E-state index is 11.9. The number of aliphatic carboxylic acids is 1. The SMILES string of the molecule is CCCC(C)CC(CC(=O)O)N(N)C(=O)CC(C)C. The predicted octanol–water partition coefficient (Wildman–Crippen LogP) is 2.40. The number of carboxylic acids is 1. The zero-order valence-electron chi connectivity index (χ0n) is 12.6. The highest BCUT2D eigenvalue weighted by Gasteiger charge is 2.25. The molecule has 0 fully saturated rings. The minimum absolute atomic E-state index is 0.0889. The molecule has 0 aliphatic rings. The van der Waals surface area contributed by atoms with Gasteiger partial charge in [0.2, 0.25) is 5.91 Å². The minimum Gasteiger partial charge on any atom is -0.481 e. The van der Waals surface area contributed by atoms with Crippen LogP contribution in [0.15, 0.2) is 0 Å². The van der Waals surface area contributed by atoms with Crippen LogP contribution in [-0.4, -0.2) is 28.0 Å². The summed E-state index contributed by atoms with van der Waals surface area (Å²) in [6, 6.07) is -0.412. The lowest BCUT2D eigenvalue weighted by Gasteiger charge is -2.29. The zero-order valence-corrected chi connectivity index (χ0v) is 12.6. The van der Waals surface area contributed by atoms with Crippen LogP contribution in [0.4, 0.5) is 0 Å². The quantitative estimate of drug-likeness (QED) is 0.383. The number of amides is 1. The molecule has 0 spiro atoms. The molecule has 0 heterocycles. The van der Waals surface area contributed by atoms with Crippen molar-refractivity contribution in [3.8, 4) is 0 Å². The molecule has 0 aromatic carbocycles. The van der Waals surface area contributed by atoms with E-state index in [2.05, 4.69) is 13.8 Å². The van der Waals surface area contributed by atoms with E-state index in [1.807, 2.05) is 13.8 Å². The van der Waals surface area contributed by atoms with Crippen LogP contribution in [0.25, 0.3) is 0 Å². The van der Waals surface area contributed by atoms with Crippen molar-refractivity contribution in [1.82, 2.24) is 5.01 Å². The average molecular weight is 272 g/mol. The lowest BCUT2D eigenvalue weighted by molar-refractivity contribution is -0.141. The number of nitrogens with zero attached hydrogens (tertiary/aromatic N) is 1. The second-order valence-electron chi connectivity index (χ2n) is 5.78. The highest BCUT2D eigenvalue weighted by molar-refractivity contribution is 5.77. The lowest BCUT2D eigenvalue weighted by atomic mass is 9.95. The summed E-state index contributed by atoms with van der Waals surface area (Å²) in [6.45, 7) is 8.04. The van der Waals surface area contributed by atoms with Crippen LogP contribution in [0.2, 0.25) is 0 Å². The lowest BCUT2D eigenvalue weighted by Crippen LogP contribution is -2.47. The van der Waals surface area contributed by atoms with Crippen LogP contribution in [-0.2, 0) is 9.59 Å². The Labute approximate surface area is 116 Å². The van der Waals surface area contributed by atoms with E-state index in [1.165, 1.54) is 0 Å². The van der Waals surface area contributed by atoms with Gasteiger partial charge in [-0.2, -0.15) is 0 Å². The molecule has 1 amide bonds. The Morgan fingerprint density at radius 1 is 1.21 bits per heavy atom. The summed E-state index contributed by atoms with van der Waals surface area (Å²) < 4.78 is 0. The third-order valence-corrected chi connectivity index (χ3v) is 3.13. The summed E-state index contributed by atoms with van der Waals surface area (Å²) in [5.41, 5.74) is 0. The number of hydrazine groups is 1. The Kier molecular flexibility index (Phi) is 8.39. The number of carbonyl (C=O) groups excluding carboxylic acids is 1. The van der Waals surface area contributed by atoms with Gasteiger partial charge in [-0.1, -0.05) is 40.5 Å². The second kappa shape index (κ2) is 8.91. The first kappa shape index (κ1) is 17.9. The van der Waals surface area contributed by atoms with Gasteiger partial charge >= 0.3 is 5.97 Å². The first-order valence-electron chi connectivity index (χ1n) is 7.06. The van der Waals surface area contributed by atoms with Crippen LogP contribution >= 0.6 is 0 Å². The maximum absolute atomic E-state index is 11.9. The first-order chi connectivity index (χ1) is 8.77. The molecule has 0 bridgehead atoms. The number of carbonyl (C=O) groups is 2. The van der Waals surface area contributed by atoms with E-state index in [9.17, 15) is 9.59 Å². The van der Waals surface area contributed by atoms with Crippen LogP contribution < -0.4 is 5.84 Å². The van der Waals surface area contributed by atoms with E-state index in [0.29, 0.717) is 18.8 Å². The summed E-state index contributed by atoms with van der Waals surface area (Å²) in [6.07, 6.45) is 2.97. The van der Waals surface area contributed by atoms with Crippen molar-refractivity contribution in [2.45, 2.75) is 65.8 Å². The highest BCUT2D eigenvalue weighted by atomic mass is 16.4. The van der Waals surface area contributed by atoms with Gasteiger partial charge in [-0.05, 0) is 18.3 Å². The molecule has 0 saturated heterocycles. The average Bonchev–Trinajstić information content (AvgIpc) is 2.25. The Morgan fingerprint density at radius 3 is 2.21 bits per heavy atom. The number of nitrogens with two attached hydrogens (primary N) is 1. The smallest absolute Gasteiger partial charge is 0.305 e. The van der Waals surface area contributed by atoms with E-state index in [1.54, 1.807) is 0 Å². The van der Waals surface area contributed by atoms with E-state index in [-0.39, 0.29) is 18.2 Å². The second-order valence-corrected chi connectivity index (χ2v) is 5.78. The van der Waals surface area contributed by atoms with Crippen molar-refractivity contribution in [2.24, 2.45) is 17.7 Å². The molecule has 0 aromatic rings. The Bertz CT molecular complexity index is 292. The van der Waals surface area contributed by atoms with Crippen LogP contribution in [0.5, 0.6) is 0 Å². The fraction of sp³-hybridized carbons (Fsp3) is 0.857. The van der Waals surface area contributed by atoms with Crippen molar-refractivity contribution in [2.75, 3.05) is 0 Å². The highest BCUT2D eigenvalue weighted by Crippen LogP contribution is 2.18. The van der Waals surface area contributed by atoms with Crippen molar-refractivity contribution < 1.29 is 14.7 Å². The molecule has 0 aliphatic heterocycles. The van der Waals surface area contributed by atoms with Crippen molar-refractivity contribution >= 4 is 11.9 Å². The minimum atomic E-state index is -0.915. The molecular formula is C14H28N2O3. The van der Waals surface area contributed by atoms with E-state index in [0.717, 1.165) is 17.9 Å². The van der Waals surface area contributed by atoms with Gasteiger partial charge in [0.15, 0.2) is 0 Å². The molecule has 112 valence electrons. The molecule has 2 atom stereocenters. The van der Waals surface area contributed by atoms with E-state index >= 15 is 0 Å². The van der Waals surface area contributed by atoms with Gasteiger partial charge in [-0.15, -0.1) is 0 Å². The van der Waals surface area contributed by atoms with Gasteiger partial charge < -0.3 is 5.11 Å². The maximum Gasteiger partial charge on any atom is 0.305 e. The van der Waals surface area contributed by atoms with Gasteiger partial charge in [0, 0.05) is 6.42 Å². The molecule has 0 aromatic heterocycles. The monoisotopic (exact) mass is 272 g/mol. The number of rotatable bonds is 9. The zero-order chi connectivity index (χ0) is 15.0. The molecule has 2 unspecified atom stereocenters. The largest absolute Gasteiger partial charge is 0.481 e. The fourth-order valence-corrected chi connectivity index (χ4v) is 2.23. The van der Waals surface area contributed by atoms with Crippen molar-refractivity contribution in [1.29, 1.82) is 0 Å². The molecule has 0 aliphatic carbocycles. The molecule has 19 heavy (non-hydrogen) atoms. The molecule has 3 N–H and O–H groups in total. The molecule has 0 rings (SSSR count). The number of carboxylic acid groups (broad SMARTS) is 1. The molecule has 0 radical (unpaired) electrons.